The first kappa shape index (κ1) is 54.1. The molecule has 1 aliphatic heterocycles. The van der Waals surface area contributed by atoms with E-state index in [-0.39, 0.29) is 18.9 Å². The van der Waals surface area contributed by atoms with Crippen molar-refractivity contribution in [3.05, 3.63) is 97.2 Å². The Morgan fingerprint density at radius 2 is 1.07 bits per heavy atom. The highest BCUT2D eigenvalue weighted by molar-refractivity contribution is 5.76. The highest BCUT2D eigenvalue weighted by atomic mass is 16.7. The van der Waals surface area contributed by atoms with Gasteiger partial charge in [0.05, 0.1) is 25.4 Å². The summed E-state index contributed by atoms with van der Waals surface area (Å²) in [5, 5.41) is 54.1. The number of rotatable bonds is 36. The summed E-state index contributed by atoms with van der Waals surface area (Å²) in [7, 11) is 0. The SMILES string of the molecule is CC/C=C\C/C=C\C/C=C\C/C=C\C/C=C\C/C=C\CCC(=O)NC(COC1OC(CO)C(O)C(O)C1O)C(O)/C=C/CC/C=C/CCCCCCCCCCCCC. The van der Waals surface area contributed by atoms with Gasteiger partial charge < -0.3 is 40.3 Å². The van der Waals surface area contributed by atoms with Crippen molar-refractivity contribution in [3.63, 3.8) is 0 Å². The fourth-order valence-electron chi connectivity index (χ4n) is 6.49. The molecular formula is C50H83NO8. The molecule has 1 heterocycles. The number of amides is 1. The summed E-state index contributed by atoms with van der Waals surface area (Å²) in [5.41, 5.74) is 0. The second-order valence-corrected chi connectivity index (χ2v) is 15.5. The van der Waals surface area contributed by atoms with Crippen molar-refractivity contribution in [3.8, 4) is 0 Å². The van der Waals surface area contributed by atoms with Gasteiger partial charge in [-0.25, -0.2) is 0 Å². The standard InChI is InChI=1S/C50H83NO8/c1-3-5-7-9-11-13-15-17-19-21-22-24-26-28-30-32-34-36-38-40-46(54)51-43(42-58-50-49(57)48(56)47(55)45(41-52)59-50)44(53)39-37-35-33-31-29-27-25-23-20-18-16-14-12-10-8-6-4-2/h5,7,11,13,17,19,22,24,28-31,34,36-37,39,43-45,47-50,52-53,55-57H,3-4,6,8-10,12,14-16,18,20-21,23,25-27,32-33,35,38,40-42H2,1-2H3,(H,51,54)/b7-5-,13-11-,19-17-,24-22-,30-28-,31-29+,36-34-,39-37+. The highest BCUT2D eigenvalue weighted by Gasteiger charge is 2.44. The summed E-state index contributed by atoms with van der Waals surface area (Å²) in [6, 6.07) is -0.868. The molecule has 1 amide bonds. The van der Waals surface area contributed by atoms with Crippen LogP contribution in [0.15, 0.2) is 97.2 Å². The molecule has 0 bridgehead atoms. The van der Waals surface area contributed by atoms with Crippen molar-refractivity contribution in [2.24, 2.45) is 0 Å². The van der Waals surface area contributed by atoms with E-state index in [1.54, 1.807) is 6.08 Å². The van der Waals surface area contributed by atoms with Gasteiger partial charge in [0.25, 0.3) is 0 Å². The molecule has 1 rings (SSSR count). The zero-order valence-corrected chi connectivity index (χ0v) is 36.7. The quantitative estimate of drug-likeness (QED) is 0.0270. The number of aliphatic hydroxyl groups excluding tert-OH is 5. The monoisotopic (exact) mass is 826 g/mol. The van der Waals surface area contributed by atoms with E-state index in [1.165, 1.54) is 70.6 Å². The molecule has 0 aromatic heterocycles. The Hall–Kier alpha value is -2.89. The van der Waals surface area contributed by atoms with Crippen LogP contribution in [0.2, 0.25) is 0 Å². The van der Waals surface area contributed by atoms with Gasteiger partial charge in [0.15, 0.2) is 6.29 Å². The van der Waals surface area contributed by atoms with E-state index in [4.69, 9.17) is 9.47 Å². The van der Waals surface area contributed by atoms with Gasteiger partial charge >= 0.3 is 0 Å². The molecule has 1 saturated heterocycles. The van der Waals surface area contributed by atoms with Crippen molar-refractivity contribution in [2.45, 2.75) is 198 Å². The van der Waals surface area contributed by atoms with E-state index in [9.17, 15) is 30.3 Å². The van der Waals surface area contributed by atoms with Crippen LogP contribution in [0, 0.1) is 0 Å². The number of nitrogens with one attached hydrogen (secondary N) is 1. The van der Waals surface area contributed by atoms with E-state index < -0.39 is 49.5 Å². The molecule has 1 fully saturated rings. The number of unbranched alkanes of at least 4 members (excludes halogenated alkanes) is 12. The van der Waals surface area contributed by atoms with Gasteiger partial charge in [-0.05, 0) is 70.6 Å². The second kappa shape index (κ2) is 39.3. The lowest BCUT2D eigenvalue weighted by Gasteiger charge is -2.40. The highest BCUT2D eigenvalue weighted by Crippen LogP contribution is 2.22. The van der Waals surface area contributed by atoms with Gasteiger partial charge in [0.2, 0.25) is 5.91 Å². The Labute approximate surface area is 358 Å². The molecule has 0 spiro atoms. The van der Waals surface area contributed by atoms with Crippen LogP contribution >= 0.6 is 0 Å². The maximum atomic E-state index is 12.9. The van der Waals surface area contributed by atoms with Crippen LogP contribution in [0.25, 0.3) is 0 Å². The Balaban J connectivity index is 2.46. The zero-order chi connectivity index (χ0) is 43.0. The minimum absolute atomic E-state index is 0.207. The van der Waals surface area contributed by atoms with Gasteiger partial charge in [-0.2, -0.15) is 0 Å². The third kappa shape index (κ3) is 29.9. The number of carbonyl (C=O) groups excluding carboxylic acids is 1. The van der Waals surface area contributed by atoms with Crippen molar-refractivity contribution in [2.75, 3.05) is 13.2 Å². The van der Waals surface area contributed by atoms with E-state index in [1.807, 2.05) is 18.2 Å². The molecule has 7 atom stereocenters. The van der Waals surface area contributed by atoms with Crippen molar-refractivity contribution in [1.29, 1.82) is 0 Å². The average molecular weight is 826 g/mol. The van der Waals surface area contributed by atoms with Crippen LogP contribution in [-0.4, -0.2) is 87.5 Å². The first-order valence-corrected chi connectivity index (χ1v) is 23.0. The van der Waals surface area contributed by atoms with Crippen LogP contribution < -0.4 is 5.32 Å². The number of hydrogen-bond donors (Lipinski definition) is 6. The van der Waals surface area contributed by atoms with E-state index in [2.05, 4.69) is 92.1 Å². The second-order valence-electron chi connectivity index (χ2n) is 15.5. The maximum Gasteiger partial charge on any atom is 0.220 e. The van der Waals surface area contributed by atoms with Crippen molar-refractivity contribution >= 4 is 5.91 Å². The average Bonchev–Trinajstić information content (AvgIpc) is 3.23. The molecule has 6 N–H and O–H groups in total. The molecule has 59 heavy (non-hydrogen) atoms. The molecule has 0 aromatic carbocycles. The zero-order valence-electron chi connectivity index (χ0n) is 36.7. The lowest BCUT2D eigenvalue weighted by Crippen LogP contribution is -2.60. The summed E-state index contributed by atoms with van der Waals surface area (Å²) < 4.78 is 11.2. The van der Waals surface area contributed by atoms with E-state index in [0.717, 1.165) is 57.8 Å². The summed E-state index contributed by atoms with van der Waals surface area (Å²) >= 11 is 0. The molecule has 9 heteroatoms. The van der Waals surface area contributed by atoms with Crippen LogP contribution in [0.3, 0.4) is 0 Å². The number of carbonyl (C=O) groups is 1. The lowest BCUT2D eigenvalue weighted by atomic mass is 9.99. The Morgan fingerprint density at radius 1 is 0.593 bits per heavy atom. The Kier molecular flexibility index (Phi) is 36.0. The predicted octanol–water partition coefficient (Wildman–Crippen LogP) is 9.72. The number of ether oxygens (including phenoxy) is 2. The van der Waals surface area contributed by atoms with Gasteiger partial charge in [-0.15, -0.1) is 0 Å². The smallest absolute Gasteiger partial charge is 0.220 e. The molecule has 0 saturated carbocycles. The summed E-state index contributed by atoms with van der Waals surface area (Å²) in [4.78, 5) is 12.9. The first-order valence-electron chi connectivity index (χ1n) is 23.0. The predicted molar refractivity (Wildman–Crippen MR) is 244 cm³/mol. The molecule has 9 nitrogen and oxygen atoms in total. The van der Waals surface area contributed by atoms with Gasteiger partial charge in [0, 0.05) is 6.42 Å². The number of hydrogen-bond acceptors (Lipinski definition) is 8. The molecule has 7 unspecified atom stereocenters. The fourth-order valence-corrected chi connectivity index (χ4v) is 6.49. The van der Waals surface area contributed by atoms with Crippen molar-refractivity contribution < 1.29 is 39.8 Å². The van der Waals surface area contributed by atoms with Crippen LogP contribution in [0.1, 0.15) is 155 Å². The molecule has 336 valence electrons. The summed E-state index contributed by atoms with van der Waals surface area (Å²) in [6.07, 6.45) is 48.9. The number of aliphatic hydroxyl groups is 5. The van der Waals surface area contributed by atoms with Gasteiger partial charge in [-0.1, -0.05) is 175 Å². The van der Waals surface area contributed by atoms with E-state index in [0.29, 0.717) is 6.42 Å². The molecule has 0 aromatic rings. The minimum atomic E-state index is -1.59. The molecule has 0 radical (unpaired) electrons. The van der Waals surface area contributed by atoms with Crippen molar-refractivity contribution in [1.82, 2.24) is 5.32 Å². The van der Waals surface area contributed by atoms with Gasteiger partial charge in [-0.3, -0.25) is 4.79 Å². The first-order chi connectivity index (χ1) is 28.8. The van der Waals surface area contributed by atoms with Crippen LogP contribution in [0.5, 0.6) is 0 Å². The fraction of sp³-hybridized carbons (Fsp3) is 0.660. The number of allylic oxidation sites excluding steroid dienone is 15. The Bertz CT molecular complexity index is 1240. The maximum absolute atomic E-state index is 12.9. The lowest BCUT2D eigenvalue weighted by molar-refractivity contribution is -0.302. The third-order valence-electron chi connectivity index (χ3n) is 10.2. The molecular weight excluding hydrogens is 743 g/mol. The van der Waals surface area contributed by atoms with Gasteiger partial charge in [0.1, 0.15) is 24.4 Å². The topological polar surface area (TPSA) is 149 Å². The third-order valence-corrected chi connectivity index (χ3v) is 10.2. The largest absolute Gasteiger partial charge is 0.394 e. The molecule has 0 aliphatic carbocycles. The normalized spacial score (nSPS) is 21.6. The summed E-state index contributed by atoms with van der Waals surface area (Å²) in [6.45, 7) is 3.58. The van der Waals surface area contributed by atoms with Crippen LogP contribution in [0.4, 0.5) is 0 Å². The van der Waals surface area contributed by atoms with E-state index >= 15 is 0 Å². The molecule has 1 aliphatic rings. The van der Waals surface area contributed by atoms with Crippen LogP contribution in [-0.2, 0) is 14.3 Å². The Morgan fingerprint density at radius 3 is 1.61 bits per heavy atom. The minimum Gasteiger partial charge on any atom is -0.394 e. The summed E-state index contributed by atoms with van der Waals surface area (Å²) in [5.74, 6) is -0.273.